The van der Waals surface area contributed by atoms with Crippen LogP contribution in [0.1, 0.15) is 0 Å². The maximum Gasteiger partial charge on any atom is 0.530 e. The number of nitrogens with two attached hydrogens (primary N) is 1. The van der Waals surface area contributed by atoms with Gasteiger partial charge in [0.25, 0.3) is 0 Å². The van der Waals surface area contributed by atoms with Gasteiger partial charge in [0.15, 0.2) is 11.5 Å². The molecule has 1 atom stereocenters. The molecule has 0 fully saturated rings. The average Bonchev–Trinajstić information content (AvgIpc) is 2.37. The summed E-state index contributed by atoms with van der Waals surface area (Å²) in [6, 6.07) is 1.68. The van der Waals surface area contributed by atoms with E-state index in [1.54, 1.807) is 13.2 Å². The van der Waals surface area contributed by atoms with Gasteiger partial charge in [-0.05, 0) is 0 Å². The lowest BCUT2D eigenvalue weighted by molar-refractivity contribution is 0.349. The molecule has 3 rings (SSSR count). The van der Waals surface area contributed by atoms with Crippen LogP contribution in [0.15, 0.2) is 6.07 Å². The van der Waals surface area contributed by atoms with Crippen LogP contribution in [0.3, 0.4) is 0 Å². The smallest absolute Gasteiger partial charge is 0.490 e. The molecule has 2 aliphatic heterocycles. The van der Waals surface area contributed by atoms with E-state index in [1.165, 1.54) is 0 Å². The minimum absolute atomic E-state index is 0.522. The van der Waals surface area contributed by atoms with Gasteiger partial charge in [-0.25, -0.2) is 0 Å². The lowest BCUT2D eigenvalue weighted by Gasteiger charge is -2.15. The van der Waals surface area contributed by atoms with E-state index in [9.17, 15) is 0 Å². The van der Waals surface area contributed by atoms with E-state index in [2.05, 4.69) is 0 Å². The van der Waals surface area contributed by atoms with Crippen molar-refractivity contribution in [2.45, 2.75) is 0 Å². The predicted molar refractivity (Wildman–Crippen MR) is 46.2 cm³/mol. The first-order chi connectivity index (χ1) is 6.29. The Kier molecular flexibility index (Phi) is 1.15. The third-order valence-corrected chi connectivity index (χ3v) is 2.90. The molecular weight excluding hydrogens is 193 g/mol. The fraction of sp³-hybridized carbons (Fsp3) is 0.143. The maximum atomic E-state index is 5.69. The Labute approximate surface area is 75.3 Å². The normalized spacial score (nSPS) is 20.5. The molecule has 2 N–H and O–H groups in total. The molecule has 0 aromatic heterocycles. The third-order valence-electron chi connectivity index (χ3n) is 1.89. The highest BCUT2D eigenvalue weighted by molar-refractivity contribution is 7.43. The molecule has 6 heteroatoms. The molecule has 5 nitrogen and oxygen atoms in total. The highest BCUT2D eigenvalue weighted by Crippen LogP contribution is 2.66. The van der Waals surface area contributed by atoms with Crippen LogP contribution in [0, 0.1) is 0 Å². The summed E-state index contributed by atoms with van der Waals surface area (Å²) < 4.78 is 21.0. The monoisotopic (exact) mass is 199 g/mol. The summed E-state index contributed by atoms with van der Waals surface area (Å²) in [6.45, 7) is 0. The summed E-state index contributed by atoms with van der Waals surface area (Å²) in [5.74, 6) is 2.24. The van der Waals surface area contributed by atoms with Crippen molar-refractivity contribution in [3.63, 3.8) is 0 Å². The second-order valence-corrected chi connectivity index (χ2v) is 3.65. The highest BCUT2D eigenvalue weighted by atomic mass is 31.2. The van der Waals surface area contributed by atoms with Gasteiger partial charge in [-0.2, -0.15) is 0 Å². The van der Waals surface area contributed by atoms with Crippen LogP contribution in [-0.2, 0) is 0 Å². The minimum Gasteiger partial charge on any atom is -0.490 e. The number of anilines is 1. The van der Waals surface area contributed by atoms with Crippen molar-refractivity contribution in [2.24, 2.45) is 0 Å². The Balaban J connectivity index is 2.34. The van der Waals surface area contributed by atoms with Crippen molar-refractivity contribution >= 4 is 14.3 Å². The zero-order valence-corrected chi connectivity index (χ0v) is 7.63. The summed E-state index contributed by atoms with van der Waals surface area (Å²) in [6.07, 6.45) is 0. The summed E-state index contributed by atoms with van der Waals surface area (Å²) in [4.78, 5) is 0. The predicted octanol–water partition coefficient (Wildman–Crippen LogP) is 1.67. The molecule has 0 aliphatic carbocycles. The average molecular weight is 199 g/mol. The molecule has 0 saturated heterocycles. The van der Waals surface area contributed by atoms with Crippen LogP contribution < -0.4 is 24.0 Å². The van der Waals surface area contributed by atoms with Gasteiger partial charge in [0.05, 0.1) is 12.8 Å². The van der Waals surface area contributed by atoms with Crippen molar-refractivity contribution in [3.8, 4) is 23.0 Å². The first-order valence-electron chi connectivity index (χ1n) is 3.64. The number of methoxy groups -OCH3 is 1. The van der Waals surface area contributed by atoms with Gasteiger partial charge in [-0.1, -0.05) is 0 Å². The van der Waals surface area contributed by atoms with Crippen molar-refractivity contribution in [1.82, 2.24) is 0 Å². The van der Waals surface area contributed by atoms with Crippen LogP contribution in [-0.4, -0.2) is 7.11 Å². The standard InChI is InChI=1S/C7H6NO4P/c1-9-6-4-2-3(8)5-7(6)12-13(10-4)11-5/h2H,8H2,1H3. The van der Waals surface area contributed by atoms with Gasteiger partial charge in [0.2, 0.25) is 11.5 Å². The van der Waals surface area contributed by atoms with Crippen molar-refractivity contribution in [2.75, 3.05) is 12.8 Å². The second-order valence-electron chi connectivity index (χ2n) is 2.65. The zero-order chi connectivity index (χ0) is 9.00. The Bertz CT molecular complexity index is 393. The number of nitrogen functional groups attached to an aromatic ring is 1. The number of hydrogen-bond donors (Lipinski definition) is 1. The van der Waals surface area contributed by atoms with E-state index < -0.39 is 8.60 Å². The van der Waals surface area contributed by atoms with E-state index in [0.717, 1.165) is 0 Å². The molecule has 13 heavy (non-hydrogen) atoms. The fourth-order valence-electron chi connectivity index (χ4n) is 1.34. The van der Waals surface area contributed by atoms with E-state index in [1.807, 2.05) is 0 Å². The molecular formula is C7H6NO4P. The van der Waals surface area contributed by atoms with Gasteiger partial charge < -0.3 is 24.0 Å². The summed E-state index contributed by atoms with van der Waals surface area (Å²) in [7, 11) is 0.235. The summed E-state index contributed by atoms with van der Waals surface area (Å²) in [5, 5.41) is 0. The molecule has 1 aromatic rings. The van der Waals surface area contributed by atoms with Gasteiger partial charge >= 0.3 is 8.60 Å². The maximum absolute atomic E-state index is 5.69. The minimum atomic E-state index is -1.31. The third kappa shape index (κ3) is 0.748. The molecule has 1 unspecified atom stereocenters. The number of rotatable bonds is 1. The van der Waals surface area contributed by atoms with Gasteiger partial charge in [0, 0.05) is 6.07 Å². The van der Waals surface area contributed by atoms with Crippen LogP contribution in [0.4, 0.5) is 5.69 Å². The van der Waals surface area contributed by atoms with Gasteiger partial charge in [0.1, 0.15) is 0 Å². The first kappa shape index (κ1) is 7.09. The highest BCUT2D eigenvalue weighted by Gasteiger charge is 2.42. The molecule has 3 bridgehead atoms. The summed E-state index contributed by atoms with van der Waals surface area (Å²) in [5.41, 5.74) is 6.21. The van der Waals surface area contributed by atoms with Crippen LogP contribution in [0.5, 0.6) is 23.0 Å². The van der Waals surface area contributed by atoms with E-state index in [-0.39, 0.29) is 0 Å². The Morgan fingerprint density at radius 2 is 2.08 bits per heavy atom. The van der Waals surface area contributed by atoms with Crippen molar-refractivity contribution in [3.05, 3.63) is 6.07 Å². The van der Waals surface area contributed by atoms with Crippen LogP contribution in [0.25, 0.3) is 0 Å². The van der Waals surface area contributed by atoms with Crippen LogP contribution in [0.2, 0.25) is 0 Å². The molecule has 0 radical (unpaired) electrons. The van der Waals surface area contributed by atoms with E-state index >= 15 is 0 Å². The Morgan fingerprint density at radius 1 is 1.31 bits per heavy atom. The van der Waals surface area contributed by atoms with Crippen LogP contribution >= 0.6 is 8.60 Å². The topological polar surface area (TPSA) is 62.9 Å². The molecule has 1 aromatic carbocycles. The quantitative estimate of drug-likeness (QED) is 0.550. The fourth-order valence-corrected chi connectivity index (χ4v) is 2.40. The Hall–Kier alpha value is -1.35. The second kappa shape index (κ2) is 2.12. The SMILES string of the molecule is COc1c2cc(N)c3c1OP(O2)O3. The number of benzene rings is 1. The molecule has 0 spiro atoms. The Morgan fingerprint density at radius 3 is 2.85 bits per heavy atom. The lowest BCUT2D eigenvalue weighted by Crippen LogP contribution is -2.00. The number of fused-ring (bicyclic) bond motifs is 2. The number of hydrogen-bond acceptors (Lipinski definition) is 5. The van der Waals surface area contributed by atoms with Gasteiger partial charge in [-0.15, -0.1) is 0 Å². The van der Waals surface area contributed by atoms with E-state index in [0.29, 0.717) is 28.7 Å². The molecule has 68 valence electrons. The van der Waals surface area contributed by atoms with E-state index in [4.69, 9.17) is 24.0 Å². The molecule has 2 heterocycles. The molecule has 0 saturated carbocycles. The number of ether oxygens (including phenoxy) is 1. The van der Waals surface area contributed by atoms with Gasteiger partial charge in [-0.3, -0.25) is 0 Å². The lowest BCUT2D eigenvalue weighted by atomic mass is 10.2. The van der Waals surface area contributed by atoms with Crippen molar-refractivity contribution < 1.29 is 18.3 Å². The molecule has 2 aliphatic rings. The molecule has 0 amide bonds. The van der Waals surface area contributed by atoms with Crippen molar-refractivity contribution in [1.29, 1.82) is 0 Å². The first-order valence-corrected chi connectivity index (χ1v) is 4.73. The zero-order valence-electron chi connectivity index (χ0n) is 6.73. The summed E-state index contributed by atoms with van der Waals surface area (Å²) >= 11 is 0. The largest absolute Gasteiger partial charge is 0.530 e.